The minimum absolute atomic E-state index is 0.0933. The third-order valence-electron chi connectivity index (χ3n) is 5.36. The van der Waals surface area contributed by atoms with Crippen LogP contribution in [0.1, 0.15) is 12.8 Å². The molecule has 2 aliphatic rings. The number of aliphatic imine (C=N–C) groups is 1. The fourth-order valence-corrected chi connectivity index (χ4v) is 3.88. The molecule has 0 bridgehead atoms. The van der Waals surface area contributed by atoms with Crippen LogP contribution in [-0.4, -0.2) is 63.9 Å². The van der Waals surface area contributed by atoms with E-state index >= 15 is 0 Å². The number of aliphatic hydroxyl groups is 1. The molecule has 3 heterocycles. The Labute approximate surface area is 168 Å². The largest absolute Gasteiger partial charge is 0.506 e. The van der Waals surface area contributed by atoms with Crippen LogP contribution in [0.5, 0.6) is 0 Å². The van der Waals surface area contributed by atoms with Gasteiger partial charge in [-0.2, -0.15) is 0 Å². The van der Waals surface area contributed by atoms with Crippen LogP contribution >= 0.6 is 11.6 Å². The van der Waals surface area contributed by atoms with Crippen molar-refractivity contribution in [2.24, 2.45) is 4.99 Å². The van der Waals surface area contributed by atoms with Crippen molar-refractivity contribution in [2.45, 2.75) is 12.8 Å². The maximum atomic E-state index is 12.2. The number of nitrogens with zero attached hydrogens (tertiary/aromatic N) is 4. The minimum atomic E-state index is -0.390. The van der Waals surface area contributed by atoms with E-state index in [9.17, 15) is 9.90 Å². The van der Waals surface area contributed by atoms with Crippen LogP contribution in [-0.2, 0) is 4.79 Å². The molecule has 2 aromatic rings. The van der Waals surface area contributed by atoms with Crippen molar-refractivity contribution < 1.29 is 14.4 Å². The van der Waals surface area contributed by atoms with E-state index in [1.165, 1.54) is 32.0 Å². The summed E-state index contributed by atoms with van der Waals surface area (Å²) < 4.78 is 2.80. The van der Waals surface area contributed by atoms with Crippen LogP contribution in [0.3, 0.4) is 0 Å². The summed E-state index contributed by atoms with van der Waals surface area (Å²) in [5, 5.41) is 17.7. The van der Waals surface area contributed by atoms with Crippen LogP contribution < -0.4 is 5.32 Å². The fraction of sp³-hybridized carbons (Fsp3) is 0.350. The van der Waals surface area contributed by atoms with Crippen molar-refractivity contribution >= 4 is 40.1 Å². The van der Waals surface area contributed by atoms with Crippen molar-refractivity contribution in [3.05, 3.63) is 47.3 Å². The molecule has 1 saturated heterocycles. The maximum absolute atomic E-state index is 12.2. The Morgan fingerprint density at radius 3 is 2.89 bits per heavy atom. The highest BCUT2D eigenvalue weighted by molar-refractivity contribution is 6.52. The Bertz CT molecular complexity index is 1010. The third kappa shape index (κ3) is 3.68. The number of fused-ring (bicyclic) bond motifs is 1. The molecule has 1 aliphatic carbocycles. The van der Waals surface area contributed by atoms with Crippen LogP contribution in [0.2, 0.25) is 0 Å². The molecular weight excluding hydrogens is 378 g/mol. The van der Waals surface area contributed by atoms with Gasteiger partial charge in [0.25, 0.3) is 0 Å². The number of nitrogens with one attached hydrogen (secondary N) is 1. The first-order chi connectivity index (χ1) is 13.5. The number of carbonyl (C=O) groups excluding carboxylic acids is 1. The molecule has 28 heavy (non-hydrogen) atoms. The van der Waals surface area contributed by atoms with Gasteiger partial charge in [-0.05, 0) is 18.2 Å². The lowest BCUT2D eigenvalue weighted by molar-refractivity contribution is -0.895. The molecule has 146 valence electrons. The summed E-state index contributed by atoms with van der Waals surface area (Å²) in [5.74, 6) is -0.00901. The van der Waals surface area contributed by atoms with Gasteiger partial charge in [0.05, 0.1) is 43.8 Å². The first-order valence-electron chi connectivity index (χ1n) is 9.41. The van der Waals surface area contributed by atoms with Gasteiger partial charge in [-0.15, -0.1) is 5.10 Å². The minimum Gasteiger partial charge on any atom is -0.506 e. The van der Waals surface area contributed by atoms with E-state index in [2.05, 4.69) is 22.5 Å². The lowest BCUT2D eigenvalue weighted by Gasteiger charge is -2.29. The molecule has 1 fully saturated rings. The molecule has 0 aromatic carbocycles. The van der Waals surface area contributed by atoms with Gasteiger partial charge in [-0.25, -0.2) is 9.51 Å². The number of quaternary nitrogens is 1. The monoisotopic (exact) mass is 400 g/mol. The van der Waals surface area contributed by atoms with Crippen molar-refractivity contribution in [1.82, 2.24) is 9.61 Å². The number of carbonyl (C=O) groups is 1. The maximum Gasteiger partial charge on any atom is 0.207 e. The Hall–Kier alpha value is -2.64. The van der Waals surface area contributed by atoms with E-state index in [0.29, 0.717) is 11.5 Å². The smallest absolute Gasteiger partial charge is 0.207 e. The summed E-state index contributed by atoms with van der Waals surface area (Å²) in [6.45, 7) is 4.18. The number of ketones is 1. The molecule has 2 aromatic heterocycles. The molecule has 4 rings (SSSR count). The number of pyridine rings is 1. The van der Waals surface area contributed by atoms with Crippen molar-refractivity contribution in [3.8, 4) is 0 Å². The normalized spacial score (nSPS) is 20.5. The Morgan fingerprint density at radius 1 is 1.32 bits per heavy atom. The highest BCUT2D eigenvalue weighted by Crippen LogP contribution is 2.31. The second-order valence-corrected chi connectivity index (χ2v) is 7.94. The van der Waals surface area contributed by atoms with Gasteiger partial charge in [-0.1, -0.05) is 17.7 Å². The van der Waals surface area contributed by atoms with Crippen LogP contribution in [0.15, 0.2) is 52.3 Å². The number of aliphatic hydroxyl groups excluding tert-OH is 1. The molecule has 2 N–H and O–H groups in total. The molecule has 0 radical (unpaired) electrons. The second-order valence-electron chi connectivity index (χ2n) is 7.54. The number of rotatable bonds is 5. The van der Waals surface area contributed by atoms with Gasteiger partial charge >= 0.3 is 0 Å². The van der Waals surface area contributed by atoms with E-state index in [1.54, 1.807) is 4.52 Å². The quantitative estimate of drug-likeness (QED) is 0.596. The first kappa shape index (κ1) is 18.7. The van der Waals surface area contributed by atoms with Crippen LogP contribution in [0.25, 0.3) is 5.52 Å². The zero-order chi connectivity index (χ0) is 19.7. The molecule has 0 atom stereocenters. The van der Waals surface area contributed by atoms with Crippen molar-refractivity contribution in [1.29, 1.82) is 0 Å². The molecule has 7 nitrogen and oxygen atoms in total. The van der Waals surface area contributed by atoms with Gasteiger partial charge in [0.2, 0.25) is 5.78 Å². The molecule has 0 amide bonds. The van der Waals surface area contributed by atoms with Gasteiger partial charge < -0.3 is 14.9 Å². The summed E-state index contributed by atoms with van der Waals surface area (Å²) in [5.41, 5.74) is 1.54. The summed E-state index contributed by atoms with van der Waals surface area (Å²) >= 11 is 5.97. The number of hydrogen-bond acceptors (Lipinski definition) is 5. The van der Waals surface area contributed by atoms with Gasteiger partial charge in [0.1, 0.15) is 17.2 Å². The predicted octanol–water partition coefficient (Wildman–Crippen LogP) is 3.21. The average Bonchev–Trinajstić information content (AvgIpc) is 3.24. The number of likely N-dealkylation sites (tertiary alicyclic amines) is 1. The van der Waals surface area contributed by atoms with Crippen molar-refractivity contribution in [2.75, 3.05) is 38.5 Å². The van der Waals surface area contributed by atoms with E-state index in [-0.39, 0.29) is 16.5 Å². The molecule has 8 heteroatoms. The second kappa shape index (κ2) is 7.41. The zero-order valence-electron chi connectivity index (χ0n) is 15.7. The van der Waals surface area contributed by atoms with Crippen molar-refractivity contribution in [3.63, 3.8) is 0 Å². The van der Waals surface area contributed by atoms with E-state index < -0.39 is 5.78 Å². The SMILES string of the molecule is C[N+]1(CCNc2nn3ccccc3c2N=C2C=C(Cl)C(O)=CC2=O)CCCC1. The van der Waals surface area contributed by atoms with Gasteiger partial charge in [0, 0.05) is 25.1 Å². The number of halogens is 1. The molecule has 1 aliphatic heterocycles. The topological polar surface area (TPSA) is 79.0 Å². The molecule has 0 unspecified atom stereocenters. The van der Waals surface area contributed by atoms with Gasteiger partial charge in [0.15, 0.2) is 5.82 Å². The zero-order valence-corrected chi connectivity index (χ0v) is 16.5. The predicted molar refractivity (Wildman–Crippen MR) is 110 cm³/mol. The lowest BCUT2D eigenvalue weighted by atomic mass is 10.1. The number of allylic oxidation sites excluding steroid dienone is 3. The number of aromatic nitrogens is 2. The van der Waals surface area contributed by atoms with E-state index in [4.69, 9.17) is 11.6 Å². The Kier molecular flexibility index (Phi) is 4.95. The molecule has 0 saturated carbocycles. The average molecular weight is 401 g/mol. The van der Waals surface area contributed by atoms with Crippen LogP contribution in [0.4, 0.5) is 11.5 Å². The van der Waals surface area contributed by atoms with Crippen LogP contribution in [0, 0.1) is 0 Å². The van der Waals surface area contributed by atoms with Gasteiger partial charge in [-0.3, -0.25) is 4.79 Å². The number of hydrogen-bond donors (Lipinski definition) is 2. The Morgan fingerprint density at radius 2 is 2.11 bits per heavy atom. The summed E-state index contributed by atoms with van der Waals surface area (Å²) in [6.07, 6.45) is 6.86. The summed E-state index contributed by atoms with van der Waals surface area (Å²) in [4.78, 5) is 16.8. The number of anilines is 1. The first-order valence-corrected chi connectivity index (χ1v) is 9.79. The third-order valence-corrected chi connectivity index (χ3v) is 5.67. The highest BCUT2D eigenvalue weighted by Gasteiger charge is 2.26. The number of likely N-dealkylation sites (N-methyl/N-ethyl adjacent to an activating group) is 1. The molecule has 0 spiro atoms. The van der Waals surface area contributed by atoms with E-state index in [1.807, 2.05) is 24.4 Å². The summed E-state index contributed by atoms with van der Waals surface area (Å²) in [7, 11) is 2.28. The lowest BCUT2D eigenvalue weighted by Crippen LogP contribution is -2.44. The molecular formula is C20H23ClN5O2+. The standard InChI is InChI=1S/C20H22ClN5O2/c1-26(9-4-5-10-26)11-7-22-20-19(16-6-2-3-8-25(16)24-20)23-15-12-14(21)17(27)13-18(15)28/h2-3,6,8,12-13H,4-5,7,9-11H2,1H3,(H-,22,24,27,28)/p+1. The Balaban J connectivity index is 1.64. The highest BCUT2D eigenvalue weighted by atomic mass is 35.5. The fourth-order valence-electron chi connectivity index (χ4n) is 3.72. The van der Waals surface area contributed by atoms with E-state index in [0.717, 1.165) is 29.2 Å². The summed E-state index contributed by atoms with van der Waals surface area (Å²) in [6, 6.07) is 5.69.